The summed E-state index contributed by atoms with van der Waals surface area (Å²) in [7, 11) is -1.83. The Labute approximate surface area is 129 Å². The van der Waals surface area contributed by atoms with Crippen molar-refractivity contribution in [3.63, 3.8) is 0 Å². The van der Waals surface area contributed by atoms with Crippen molar-refractivity contribution < 1.29 is 8.42 Å². The van der Waals surface area contributed by atoms with Crippen LogP contribution in [0.25, 0.3) is 17.0 Å². The molecule has 0 fully saturated rings. The molecule has 2 aromatic rings. The third-order valence-electron chi connectivity index (χ3n) is 3.39. The fourth-order valence-electron chi connectivity index (χ4n) is 2.09. The monoisotopic (exact) mass is 322 g/mol. The summed E-state index contributed by atoms with van der Waals surface area (Å²) < 4.78 is 26.1. The first kappa shape index (κ1) is 15.6. The Bertz CT molecular complexity index is 871. The van der Waals surface area contributed by atoms with Crippen LogP contribution in [0.3, 0.4) is 0 Å². The first-order chi connectivity index (χ1) is 9.80. The van der Waals surface area contributed by atoms with Gasteiger partial charge in [-0.3, -0.25) is 0 Å². The van der Waals surface area contributed by atoms with Gasteiger partial charge in [0.15, 0.2) is 9.84 Å². The maximum absolute atomic E-state index is 12.2. The van der Waals surface area contributed by atoms with Crippen LogP contribution in [0.1, 0.15) is 19.4 Å². The lowest BCUT2D eigenvalue weighted by atomic mass is 10.1. The van der Waals surface area contributed by atoms with Crippen LogP contribution >= 0.6 is 11.6 Å². The summed E-state index contributed by atoms with van der Waals surface area (Å²) in [5.41, 5.74) is 1.43. The number of aromatic nitrogens is 1. The number of hydrogen-bond acceptors (Lipinski definition) is 3. The molecule has 0 amide bonds. The predicted octanol–water partition coefficient (Wildman–Crippen LogP) is 3.52. The van der Waals surface area contributed by atoms with Gasteiger partial charge in [-0.05, 0) is 26.0 Å². The van der Waals surface area contributed by atoms with Crippen molar-refractivity contribution in [1.29, 1.82) is 5.26 Å². The number of hydrogen-bond donors (Lipinski definition) is 0. The van der Waals surface area contributed by atoms with Crippen LogP contribution in [0.5, 0.6) is 0 Å². The Balaban J connectivity index is 2.77. The number of sulfone groups is 1. The summed E-state index contributed by atoms with van der Waals surface area (Å²) in [6.45, 7) is 3.09. The van der Waals surface area contributed by atoms with E-state index in [1.807, 2.05) is 24.3 Å². The molecule has 4 nitrogen and oxygen atoms in total. The summed E-state index contributed by atoms with van der Waals surface area (Å²) in [6, 6.07) is 9.24. The molecule has 0 N–H and O–H groups in total. The Morgan fingerprint density at radius 1 is 1.38 bits per heavy atom. The second kappa shape index (κ2) is 5.55. The van der Waals surface area contributed by atoms with Gasteiger partial charge in [-0.25, -0.2) is 8.42 Å². The lowest BCUT2D eigenvalue weighted by Gasteiger charge is -2.05. The van der Waals surface area contributed by atoms with Crippen molar-refractivity contribution in [3.8, 4) is 6.07 Å². The van der Waals surface area contributed by atoms with E-state index in [-0.39, 0.29) is 4.91 Å². The summed E-state index contributed by atoms with van der Waals surface area (Å²) >= 11 is 6.28. The number of aryl methyl sites for hydroxylation is 1. The van der Waals surface area contributed by atoms with Gasteiger partial charge in [-0.1, -0.05) is 29.8 Å². The molecule has 21 heavy (non-hydrogen) atoms. The minimum Gasteiger partial charge on any atom is -0.334 e. The van der Waals surface area contributed by atoms with E-state index in [9.17, 15) is 13.7 Å². The fourth-order valence-corrected chi connectivity index (χ4v) is 3.26. The molecule has 0 atom stereocenters. The van der Waals surface area contributed by atoms with Gasteiger partial charge in [-0.15, -0.1) is 0 Å². The van der Waals surface area contributed by atoms with Crippen molar-refractivity contribution in [1.82, 2.24) is 4.57 Å². The SMILES string of the molecule is CC(C)S(=O)(=O)C(C#N)=Cc1c(Cl)n(C)c2ccccc12. The number of fused-ring (bicyclic) bond motifs is 1. The van der Waals surface area contributed by atoms with Gasteiger partial charge >= 0.3 is 0 Å². The molecule has 0 unspecified atom stereocenters. The first-order valence-electron chi connectivity index (χ1n) is 6.39. The lowest BCUT2D eigenvalue weighted by Crippen LogP contribution is -2.15. The highest BCUT2D eigenvalue weighted by molar-refractivity contribution is 7.96. The zero-order valence-electron chi connectivity index (χ0n) is 12.0. The number of nitriles is 1. The number of benzene rings is 1. The Morgan fingerprint density at radius 3 is 2.57 bits per heavy atom. The maximum Gasteiger partial charge on any atom is 0.190 e. The molecular weight excluding hydrogens is 308 g/mol. The molecule has 0 aliphatic rings. The van der Waals surface area contributed by atoms with Gasteiger partial charge in [0.05, 0.1) is 5.25 Å². The molecule has 0 radical (unpaired) electrons. The third-order valence-corrected chi connectivity index (χ3v) is 5.91. The number of rotatable bonds is 3. The highest BCUT2D eigenvalue weighted by Crippen LogP contribution is 2.31. The van der Waals surface area contributed by atoms with E-state index in [1.54, 1.807) is 31.5 Å². The molecule has 1 aromatic heterocycles. The molecule has 1 aromatic carbocycles. The van der Waals surface area contributed by atoms with Gasteiger partial charge in [0.1, 0.15) is 16.1 Å². The molecule has 0 aliphatic carbocycles. The van der Waals surface area contributed by atoms with E-state index in [1.165, 1.54) is 6.08 Å². The average Bonchev–Trinajstić information content (AvgIpc) is 2.69. The van der Waals surface area contributed by atoms with E-state index in [2.05, 4.69) is 0 Å². The maximum atomic E-state index is 12.2. The van der Waals surface area contributed by atoms with Gasteiger partial charge in [0.2, 0.25) is 0 Å². The van der Waals surface area contributed by atoms with Crippen molar-refractivity contribution in [3.05, 3.63) is 39.9 Å². The zero-order chi connectivity index (χ0) is 15.8. The van der Waals surface area contributed by atoms with E-state index >= 15 is 0 Å². The highest BCUT2D eigenvalue weighted by atomic mass is 35.5. The van der Waals surface area contributed by atoms with Gasteiger partial charge in [0.25, 0.3) is 0 Å². The highest BCUT2D eigenvalue weighted by Gasteiger charge is 2.23. The predicted molar refractivity (Wildman–Crippen MR) is 85.6 cm³/mol. The van der Waals surface area contributed by atoms with Crippen LogP contribution in [-0.4, -0.2) is 18.2 Å². The molecule has 6 heteroatoms. The number of nitrogens with zero attached hydrogens (tertiary/aromatic N) is 2. The van der Waals surface area contributed by atoms with E-state index < -0.39 is 15.1 Å². The summed E-state index contributed by atoms with van der Waals surface area (Å²) in [5, 5.41) is 9.76. The second-order valence-electron chi connectivity index (χ2n) is 4.99. The van der Waals surface area contributed by atoms with Crippen LogP contribution in [0.2, 0.25) is 5.15 Å². The summed E-state index contributed by atoms with van der Waals surface area (Å²) in [6.07, 6.45) is 1.36. The van der Waals surface area contributed by atoms with Crippen LogP contribution < -0.4 is 0 Å². The zero-order valence-corrected chi connectivity index (χ0v) is 13.5. The summed E-state index contributed by atoms with van der Waals surface area (Å²) in [4.78, 5) is -0.268. The van der Waals surface area contributed by atoms with E-state index in [0.29, 0.717) is 10.7 Å². The topological polar surface area (TPSA) is 62.9 Å². The molecular formula is C15H15ClN2O2S. The number of para-hydroxylation sites is 1. The molecule has 1 heterocycles. The van der Waals surface area contributed by atoms with Gasteiger partial charge in [0, 0.05) is 23.5 Å². The average molecular weight is 323 g/mol. The molecule has 0 aliphatic heterocycles. The minimum absolute atomic E-state index is 0.268. The van der Waals surface area contributed by atoms with Gasteiger partial charge < -0.3 is 4.57 Å². The Hall–Kier alpha value is -1.77. The van der Waals surface area contributed by atoms with E-state index in [0.717, 1.165) is 10.9 Å². The fraction of sp³-hybridized carbons (Fsp3) is 0.267. The molecule has 0 saturated heterocycles. The standard InChI is InChI=1S/C15H15ClN2O2S/c1-10(2)21(19,20)11(9-17)8-13-12-6-4-5-7-14(12)18(3)15(13)16/h4-8,10H,1-3H3. The molecule has 0 spiro atoms. The van der Waals surface area contributed by atoms with Crippen LogP contribution in [-0.2, 0) is 16.9 Å². The Morgan fingerprint density at radius 2 is 2.00 bits per heavy atom. The normalized spacial score (nSPS) is 12.9. The van der Waals surface area contributed by atoms with Gasteiger partial charge in [-0.2, -0.15) is 5.26 Å². The Kier molecular flexibility index (Phi) is 4.13. The molecule has 110 valence electrons. The van der Waals surface area contributed by atoms with Crippen LogP contribution in [0.4, 0.5) is 0 Å². The van der Waals surface area contributed by atoms with Crippen molar-refractivity contribution in [2.75, 3.05) is 0 Å². The van der Waals surface area contributed by atoms with Crippen molar-refractivity contribution >= 4 is 38.4 Å². The van der Waals surface area contributed by atoms with Crippen molar-refractivity contribution in [2.24, 2.45) is 7.05 Å². The third kappa shape index (κ3) is 2.57. The number of halogens is 1. The van der Waals surface area contributed by atoms with Crippen LogP contribution in [0.15, 0.2) is 29.2 Å². The minimum atomic E-state index is -3.63. The largest absolute Gasteiger partial charge is 0.334 e. The second-order valence-corrected chi connectivity index (χ2v) is 7.83. The molecule has 0 bridgehead atoms. The lowest BCUT2D eigenvalue weighted by molar-refractivity contribution is 0.595. The smallest absolute Gasteiger partial charge is 0.190 e. The molecule has 2 rings (SSSR count). The summed E-state index contributed by atoms with van der Waals surface area (Å²) in [5.74, 6) is 0. The quantitative estimate of drug-likeness (QED) is 0.812. The molecule has 0 saturated carbocycles. The first-order valence-corrected chi connectivity index (χ1v) is 8.31. The van der Waals surface area contributed by atoms with Crippen LogP contribution in [0, 0.1) is 11.3 Å². The van der Waals surface area contributed by atoms with Crippen molar-refractivity contribution in [2.45, 2.75) is 19.1 Å². The van der Waals surface area contributed by atoms with E-state index in [4.69, 9.17) is 11.6 Å². The number of allylic oxidation sites excluding steroid dienone is 1.